The summed E-state index contributed by atoms with van der Waals surface area (Å²) in [5, 5.41) is 10.1. The molecule has 0 amide bonds. The van der Waals surface area contributed by atoms with E-state index in [4.69, 9.17) is 5.11 Å². The van der Waals surface area contributed by atoms with Crippen LogP contribution in [0.1, 0.15) is 10.4 Å². The molecule has 0 saturated carbocycles. The molecule has 19 heavy (non-hydrogen) atoms. The van der Waals surface area contributed by atoms with Crippen molar-refractivity contribution in [2.45, 2.75) is 0 Å². The number of carboxylic acids is 1. The van der Waals surface area contributed by atoms with Gasteiger partial charge in [0.25, 0.3) is 0 Å². The van der Waals surface area contributed by atoms with Crippen LogP contribution in [0.15, 0.2) is 60.8 Å². The maximum Gasteiger partial charge on any atom is 0.335 e. The number of carboxylic acid groups (broad SMARTS) is 1. The third kappa shape index (κ3) is 2.18. The number of aromatic nitrogens is 1. The Bertz CT molecular complexity index is 765. The van der Waals surface area contributed by atoms with Crippen molar-refractivity contribution < 1.29 is 9.90 Å². The van der Waals surface area contributed by atoms with Crippen LogP contribution in [-0.4, -0.2) is 16.1 Å². The number of carbonyl (C=O) groups is 1. The zero-order valence-electron chi connectivity index (χ0n) is 10.1. The summed E-state index contributed by atoms with van der Waals surface area (Å²) in [5.41, 5.74) is 2.99. The van der Waals surface area contributed by atoms with Gasteiger partial charge in [0.05, 0.1) is 11.1 Å². The first-order valence-corrected chi connectivity index (χ1v) is 5.92. The van der Waals surface area contributed by atoms with Crippen LogP contribution in [-0.2, 0) is 0 Å². The van der Waals surface area contributed by atoms with Crippen LogP contribution in [0, 0.1) is 0 Å². The molecule has 0 aliphatic rings. The van der Waals surface area contributed by atoms with E-state index in [1.807, 2.05) is 36.4 Å². The van der Waals surface area contributed by atoms with Gasteiger partial charge < -0.3 is 5.11 Å². The van der Waals surface area contributed by atoms with E-state index in [1.54, 1.807) is 24.4 Å². The molecule has 1 heterocycles. The molecule has 92 valence electrons. The van der Waals surface area contributed by atoms with Crippen molar-refractivity contribution >= 4 is 16.9 Å². The summed E-state index contributed by atoms with van der Waals surface area (Å²) >= 11 is 0. The minimum Gasteiger partial charge on any atom is -0.478 e. The van der Waals surface area contributed by atoms with Gasteiger partial charge in [-0.25, -0.2) is 4.79 Å². The predicted molar refractivity (Wildman–Crippen MR) is 74.1 cm³/mol. The molecule has 0 unspecified atom stereocenters. The Kier molecular flexibility index (Phi) is 2.72. The van der Waals surface area contributed by atoms with Gasteiger partial charge >= 0.3 is 5.97 Å². The maximum absolute atomic E-state index is 11.0. The van der Waals surface area contributed by atoms with Crippen LogP contribution in [0.5, 0.6) is 0 Å². The van der Waals surface area contributed by atoms with Gasteiger partial charge in [0.15, 0.2) is 0 Å². The second-order valence-corrected chi connectivity index (χ2v) is 4.30. The first kappa shape index (κ1) is 11.4. The highest BCUT2D eigenvalue weighted by molar-refractivity contribution is 5.90. The molecule has 3 nitrogen and oxygen atoms in total. The van der Waals surface area contributed by atoms with Crippen LogP contribution in [0.2, 0.25) is 0 Å². The van der Waals surface area contributed by atoms with E-state index < -0.39 is 5.97 Å². The number of pyridine rings is 1. The van der Waals surface area contributed by atoms with Crippen LogP contribution in [0.25, 0.3) is 22.0 Å². The molecule has 1 N–H and O–H groups in total. The summed E-state index contributed by atoms with van der Waals surface area (Å²) < 4.78 is 0. The number of hydrogen-bond donors (Lipinski definition) is 1. The van der Waals surface area contributed by atoms with Crippen molar-refractivity contribution in [2.75, 3.05) is 0 Å². The summed E-state index contributed by atoms with van der Waals surface area (Å²) in [5.74, 6) is -0.921. The molecule has 0 fully saturated rings. The third-order valence-corrected chi connectivity index (χ3v) is 3.03. The second-order valence-electron chi connectivity index (χ2n) is 4.30. The molecule has 0 bridgehead atoms. The Labute approximate surface area is 110 Å². The first-order chi connectivity index (χ1) is 9.24. The molecule has 0 aliphatic carbocycles. The van der Waals surface area contributed by atoms with Crippen molar-refractivity contribution in [2.24, 2.45) is 0 Å². The standard InChI is InChI=1S/C16H11NO2/c18-16(19)13-6-3-5-11(8-13)14-9-12-4-1-2-7-15(12)17-10-14/h1-10H,(H,18,19). The fourth-order valence-electron chi connectivity index (χ4n) is 2.06. The van der Waals surface area contributed by atoms with E-state index in [1.165, 1.54) is 0 Å². The lowest BCUT2D eigenvalue weighted by molar-refractivity contribution is 0.0697. The smallest absolute Gasteiger partial charge is 0.335 e. The predicted octanol–water partition coefficient (Wildman–Crippen LogP) is 3.60. The number of benzene rings is 2. The summed E-state index contributed by atoms with van der Waals surface area (Å²) in [6.07, 6.45) is 1.77. The minimum atomic E-state index is -0.921. The number of nitrogens with zero attached hydrogens (tertiary/aromatic N) is 1. The van der Waals surface area contributed by atoms with Gasteiger partial charge in [-0.2, -0.15) is 0 Å². The van der Waals surface area contributed by atoms with Crippen molar-refractivity contribution in [1.29, 1.82) is 0 Å². The molecule has 0 aliphatic heterocycles. The Balaban J connectivity index is 2.13. The summed E-state index contributed by atoms with van der Waals surface area (Å²) in [7, 11) is 0. The van der Waals surface area contributed by atoms with E-state index in [9.17, 15) is 4.79 Å². The van der Waals surface area contributed by atoms with Crippen LogP contribution in [0.3, 0.4) is 0 Å². The van der Waals surface area contributed by atoms with Gasteiger partial charge in [-0.05, 0) is 29.8 Å². The number of hydrogen-bond acceptors (Lipinski definition) is 2. The monoisotopic (exact) mass is 249 g/mol. The Morgan fingerprint density at radius 2 is 1.79 bits per heavy atom. The number of aromatic carboxylic acids is 1. The van der Waals surface area contributed by atoms with E-state index in [2.05, 4.69) is 4.98 Å². The number of para-hydroxylation sites is 1. The van der Waals surface area contributed by atoms with Crippen molar-refractivity contribution in [3.8, 4) is 11.1 Å². The molecule has 0 spiro atoms. The molecular formula is C16H11NO2. The van der Waals surface area contributed by atoms with Gasteiger partial charge in [0.1, 0.15) is 0 Å². The molecule has 2 aromatic carbocycles. The van der Waals surface area contributed by atoms with Crippen LogP contribution < -0.4 is 0 Å². The third-order valence-electron chi connectivity index (χ3n) is 3.03. The minimum absolute atomic E-state index is 0.283. The topological polar surface area (TPSA) is 50.2 Å². The first-order valence-electron chi connectivity index (χ1n) is 5.92. The highest BCUT2D eigenvalue weighted by Gasteiger charge is 2.05. The zero-order chi connectivity index (χ0) is 13.2. The maximum atomic E-state index is 11.0. The van der Waals surface area contributed by atoms with Crippen molar-refractivity contribution in [3.63, 3.8) is 0 Å². The fraction of sp³-hybridized carbons (Fsp3) is 0. The molecule has 3 heteroatoms. The normalized spacial score (nSPS) is 10.5. The van der Waals surface area contributed by atoms with Gasteiger partial charge in [-0.1, -0.05) is 30.3 Å². The van der Waals surface area contributed by atoms with Crippen LogP contribution >= 0.6 is 0 Å². The number of rotatable bonds is 2. The Morgan fingerprint density at radius 1 is 0.947 bits per heavy atom. The largest absolute Gasteiger partial charge is 0.478 e. The highest BCUT2D eigenvalue weighted by Crippen LogP contribution is 2.23. The molecule has 1 aromatic heterocycles. The lowest BCUT2D eigenvalue weighted by Gasteiger charge is -2.04. The lowest BCUT2D eigenvalue weighted by atomic mass is 10.0. The molecule has 0 atom stereocenters. The van der Waals surface area contributed by atoms with Gasteiger partial charge in [-0.15, -0.1) is 0 Å². The van der Waals surface area contributed by atoms with E-state index in [0.29, 0.717) is 0 Å². The van der Waals surface area contributed by atoms with Gasteiger partial charge in [0.2, 0.25) is 0 Å². The Morgan fingerprint density at radius 3 is 2.63 bits per heavy atom. The summed E-state index contributed by atoms with van der Waals surface area (Å²) in [6, 6.07) is 16.7. The van der Waals surface area contributed by atoms with E-state index >= 15 is 0 Å². The fourth-order valence-corrected chi connectivity index (χ4v) is 2.06. The van der Waals surface area contributed by atoms with Gasteiger partial charge in [0, 0.05) is 17.1 Å². The quantitative estimate of drug-likeness (QED) is 0.754. The molecular weight excluding hydrogens is 238 g/mol. The molecule has 3 rings (SSSR count). The van der Waals surface area contributed by atoms with E-state index in [-0.39, 0.29) is 5.56 Å². The molecule has 3 aromatic rings. The van der Waals surface area contributed by atoms with E-state index in [0.717, 1.165) is 22.0 Å². The average molecular weight is 249 g/mol. The molecule has 0 radical (unpaired) electrons. The van der Waals surface area contributed by atoms with Crippen molar-refractivity contribution in [3.05, 3.63) is 66.4 Å². The average Bonchev–Trinajstić information content (AvgIpc) is 2.47. The van der Waals surface area contributed by atoms with Gasteiger partial charge in [-0.3, -0.25) is 4.98 Å². The van der Waals surface area contributed by atoms with Crippen molar-refractivity contribution in [1.82, 2.24) is 4.98 Å². The molecule has 0 saturated heterocycles. The lowest BCUT2D eigenvalue weighted by Crippen LogP contribution is -1.95. The number of fused-ring (bicyclic) bond motifs is 1. The SMILES string of the molecule is O=C(O)c1cccc(-c2cnc3ccccc3c2)c1. The zero-order valence-corrected chi connectivity index (χ0v) is 10.1. The second kappa shape index (κ2) is 4.53. The summed E-state index contributed by atoms with van der Waals surface area (Å²) in [6.45, 7) is 0. The van der Waals surface area contributed by atoms with Crippen LogP contribution in [0.4, 0.5) is 0 Å². The summed E-state index contributed by atoms with van der Waals surface area (Å²) in [4.78, 5) is 15.4. The Hall–Kier alpha value is -2.68. The highest BCUT2D eigenvalue weighted by atomic mass is 16.4.